The number of halogens is 2. The molecule has 0 spiro atoms. The lowest BCUT2D eigenvalue weighted by atomic mass is 10.1. The fourth-order valence-corrected chi connectivity index (χ4v) is 2.60. The molecule has 5 nitrogen and oxygen atoms in total. The van der Waals surface area contributed by atoms with Gasteiger partial charge in [0, 0.05) is 17.1 Å². The van der Waals surface area contributed by atoms with Crippen LogP contribution in [-0.4, -0.2) is 30.2 Å². The lowest BCUT2D eigenvalue weighted by molar-refractivity contribution is -0.120. The van der Waals surface area contributed by atoms with Crippen molar-refractivity contribution >= 4 is 33.6 Å². The molecule has 2 N–H and O–H groups in total. The molecule has 2 rings (SSSR count). The minimum atomic E-state index is -1.26. The van der Waals surface area contributed by atoms with Crippen molar-refractivity contribution < 1.29 is 19.1 Å². The van der Waals surface area contributed by atoms with Gasteiger partial charge in [-0.1, -0.05) is 15.9 Å². The van der Waals surface area contributed by atoms with Gasteiger partial charge in [-0.05, 0) is 25.0 Å². The third kappa shape index (κ3) is 2.70. The van der Waals surface area contributed by atoms with E-state index in [4.69, 9.17) is 5.11 Å². The van der Waals surface area contributed by atoms with Crippen LogP contribution in [0, 0.1) is 5.82 Å². The summed E-state index contributed by atoms with van der Waals surface area (Å²) in [5, 5.41) is 10.9. The van der Waals surface area contributed by atoms with Gasteiger partial charge >= 0.3 is 6.09 Å². The van der Waals surface area contributed by atoms with E-state index in [1.165, 1.54) is 18.0 Å². The highest BCUT2D eigenvalue weighted by atomic mass is 79.9. The summed E-state index contributed by atoms with van der Waals surface area (Å²) in [5.41, 5.74) is 0.889. The van der Waals surface area contributed by atoms with Crippen LogP contribution in [0.25, 0.3) is 0 Å². The SMILES string of the molecule is CN1C(=O)C(NC(=O)O)CCc2c(F)cc(Br)cc21. The normalized spacial score (nSPS) is 18.8. The Morgan fingerprint density at radius 1 is 1.58 bits per heavy atom. The second-order valence-corrected chi connectivity index (χ2v) is 5.24. The highest BCUT2D eigenvalue weighted by Gasteiger charge is 2.30. The van der Waals surface area contributed by atoms with E-state index in [1.807, 2.05) is 0 Å². The van der Waals surface area contributed by atoms with Crippen molar-refractivity contribution in [3.05, 3.63) is 28.0 Å². The largest absolute Gasteiger partial charge is 0.465 e. The molecule has 0 radical (unpaired) electrons. The first kappa shape index (κ1) is 13.8. The van der Waals surface area contributed by atoms with Crippen molar-refractivity contribution in [2.45, 2.75) is 18.9 Å². The summed E-state index contributed by atoms with van der Waals surface area (Å²) in [6.45, 7) is 0. The second-order valence-electron chi connectivity index (χ2n) is 4.32. The predicted molar refractivity (Wildman–Crippen MR) is 70.8 cm³/mol. The summed E-state index contributed by atoms with van der Waals surface area (Å²) in [4.78, 5) is 24.1. The first-order valence-electron chi connectivity index (χ1n) is 5.65. The number of anilines is 1. The van der Waals surface area contributed by atoms with Crippen molar-refractivity contribution in [3.8, 4) is 0 Å². The minimum absolute atomic E-state index is 0.237. The molecule has 0 saturated heterocycles. The molecule has 1 aliphatic rings. The van der Waals surface area contributed by atoms with E-state index in [9.17, 15) is 14.0 Å². The number of rotatable bonds is 1. The molecule has 1 aromatic carbocycles. The average molecular weight is 331 g/mol. The van der Waals surface area contributed by atoms with Gasteiger partial charge in [0.1, 0.15) is 11.9 Å². The maximum Gasteiger partial charge on any atom is 0.405 e. The van der Waals surface area contributed by atoms with Gasteiger partial charge in [-0.25, -0.2) is 9.18 Å². The molecule has 1 unspecified atom stereocenters. The van der Waals surface area contributed by atoms with Crippen LogP contribution >= 0.6 is 15.9 Å². The Balaban J connectivity index is 2.41. The molecule has 0 bridgehead atoms. The predicted octanol–water partition coefficient (Wildman–Crippen LogP) is 2.13. The number of carboxylic acid groups (broad SMARTS) is 1. The molecule has 1 atom stereocenters. The second kappa shape index (κ2) is 5.16. The molecule has 7 heteroatoms. The van der Waals surface area contributed by atoms with E-state index in [0.717, 1.165) is 0 Å². The standard InChI is InChI=1S/C12H12BrFN2O3/c1-16-10-5-6(13)4-8(14)7(10)2-3-9(11(16)17)15-12(18)19/h4-5,9,15H,2-3H2,1H3,(H,18,19). The smallest absolute Gasteiger partial charge is 0.405 e. The van der Waals surface area contributed by atoms with Gasteiger partial charge in [0.2, 0.25) is 5.91 Å². The zero-order valence-electron chi connectivity index (χ0n) is 10.1. The Labute approximate surface area is 117 Å². The van der Waals surface area contributed by atoms with E-state index >= 15 is 0 Å². The molecule has 2 amide bonds. The van der Waals surface area contributed by atoms with Gasteiger partial charge in [-0.15, -0.1) is 0 Å². The van der Waals surface area contributed by atoms with Crippen LogP contribution < -0.4 is 10.2 Å². The Morgan fingerprint density at radius 3 is 2.89 bits per heavy atom. The third-order valence-electron chi connectivity index (χ3n) is 3.11. The molecular formula is C12H12BrFN2O3. The maximum atomic E-state index is 13.9. The van der Waals surface area contributed by atoms with Gasteiger partial charge in [-0.2, -0.15) is 0 Å². The molecule has 0 fully saturated rings. The maximum absolute atomic E-state index is 13.9. The number of likely N-dealkylation sites (N-methyl/N-ethyl adjacent to an activating group) is 1. The zero-order valence-corrected chi connectivity index (χ0v) is 11.7. The van der Waals surface area contributed by atoms with E-state index in [-0.39, 0.29) is 6.42 Å². The third-order valence-corrected chi connectivity index (χ3v) is 3.57. The zero-order chi connectivity index (χ0) is 14.2. The fraction of sp³-hybridized carbons (Fsp3) is 0.333. The fourth-order valence-electron chi connectivity index (χ4n) is 2.18. The molecular weight excluding hydrogens is 319 g/mol. The van der Waals surface area contributed by atoms with Crippen LogP contribution in [0.5, 0.6) is 0 Å². The summed E-state index contributed by atoms with van der Waals surface area (Å²) in [7, 11) is 1.51. The Morgan fingerprint density at radius 2 is 2.26 bits per heavy atom. The summed E-state index contributed by atoms with van der Waals surface area (Å²) < 4.78 is 14.4. The summed E-state index contributed by atoms with van der Waals surface area (Å²) in [6.07, 6.45) is -0.726. The molecule has 19 heavy (non-hydrogen) atoms. The van der Waals surface area contributed by atoms with Crippen LogP contribution in [-0.2, 0) is 11.2 Å². The Kier molecular flexibility index (Phi) is 3.75. The van der Waals surface area contributed by atoms with Gasteiger partial charge < -0.3 is 15.3 Å². The van der Waals surface area contributed by atoms with E-state index in [2.05, 4.69) is 21.2 Å². The molecule has 1 heterocycles. The first-order chi connectivity index (χ1) is 8.90. The van der Waals surface area contributed by atoms with E-state index in [1.54, 1.807) is 6.07 Å². The highest BCUT2D eigenvalue weighted by molar-refractivity contribution is 9.10. The number of hydrogen-bond acceptors (Lipinski definition) is 2. The van der Waals surface area contributed by atoms with Crippen molar-refractivity contribution in [1.82, 2.24) is 5.32 Å². The quantitative estimate of drug-likeness (QED) is 0.828. The summed E-state index contributed by atoms with van der Waals surface area (Å²) >= 11 is 3.18. The van der Waals surface area contributed by atoms with Gasteiger partial charge in [-0.3, -0.25) is 4.79 Å². The summed E-state index contributed by atoms with van der Waals surface area (Å²) in [5.74, 6) is -0.793. The number of hydrogen-bond donors (Lipinski definition) is 2. The minimum Gasteiger partial charge on any atom is -0.465 e. The van der Waals surface area contributed by atoms with Crippen LogP contribution in [0.15, 0.2) is 16.6 Å². The van der Waals surface area contributed by atoms with Crippen molar-refractivity contribution in [2.75, 3.05) is 11.9 Å². The molecule has 1 aromatic rings. The van der Waals surface area contributed by atoms with Crippen molar-refractivity contribution in [3.63, 3.8) is 0 Å². The highest BCUT2D eigenvalue weighted by Crippen LogP contribution is 2.31. The molecule has 0 aromatic heterocycles. The van der Waals surface area contributed by atoms with Crippen molar-refractivity contribution in [2.24, 2.45) is 0 Å². The number of carbonyl (C=O) groups is 2. The summed E-state index contributed by atoms with van der Waals surface area (Å²) in [6, 6.07) is 2.13. The molecule has 102 valence electrons. The van der Waals surface area contributed by atoms with Gasteiger partial charge in [0.15, 0.2) is 0 Å². The average Bonchev–Trinajstić information content (AvgIpc) is 2.42. The monoisotopic (exact) mass is 330 g/mol. The molecule has 0 aliphatic carbocycles. The first-order valence-corrected chi connectivity index (χ1v) is 6.44. The Hall–Kier alpha value is -1.63. The van der Waals surface area contributed by atoms with Crippen LogP contribution in [0.2, 0.25) is 0 Å². The lowest BCUT2D eigenvalue weighted by Gasteiger charge is -2.21. The number of amides is 2. The number of carbonyl (C=O) groups excluding carboxylic acids is 1. The van der Waals surface area contributed by atoms with Crippen LogP contribution in [0.1, 0.15) is 12.0 Å². The lowest BCUT2D eigenvalue weighted by Crippen LogP contribution is -2.46. The topological polar surface area (TPSA) is 69.6 Å². The number of fused-ring (bicyclic) bond motifs is 1. The number of nitrogens with one attached hydrogen (secondary N) is 1. The van der Waals surface area contributed by atoms with E-state index < -0.39 is 23.9 Å². The molecule has 0 saturated carbocycles. The number of nitrogens with zero attached hydrogens (tertiary/aromatic N) is 1. The van der Waals surface area contributed by atoms with Gasteiger partial charge in [0.05, 0.1) is 5.69 Å². The molecule has 1 aliphatic heterocycles. The van der Waals surface area contributed by atoms with E-state index in [0.29, 0.717) is 22.1 Å². The van der Waals surface area contributed by atoms with Crippen molar-refractivity contribution in [1.29, 1.82) is 0 Å². The van der Waals surface area contributed by atoms with Crippen LogP contribution in [0.3, 0.4) is 0 Å². The van der Waals surface area contributed by atoms with Crippen LogP contribution in [0.4, 0.5) is 14.9 Å². The van der Waals surface area contributed by atoms with Gasteiger partial charge in [0.25, 0.3) is 0 Å². The number of benzene rings is 1. The Bertz CT molecular complexity index is 550.